The third-order valence-corrected chi connectivity index (χ3v) is 5.80. The Morgan fingerprint density at radius 3 is 2.78 bits per heavy atom. The van der Waals surface area contributed by atoms with Crippen molar-refractivity contribution in [2.24, 2.45) is 7.05 Å². The first kappa shape index (κ1) is 18.0. The van der Waals surface area contributed by atoms with Crippen molar-refractivity contribution in [3.8, 4) is 5.75 Å². The molecule has 144 valence electrons. The van der Waals surface area contributed by atoms with Crippen LogP contribution in [-0.2, 0) is 19.9 Å². The van der Waals surface area contributed by atoms with Gasteiger partial charge in [0.25, 0.3) is 5.91 Å². The van der Waals surface area contributed by atoms with Crippen molar-refractivity contribution >= 4 is 5.91 Å². The van der Waals surface area contributed by atoms with E-state index in [0.717, 1.165) is 73.3 Å². The molecule has 2 aliphatic carbocycles. The Balaban J connectivity index is 1.34. The van der Waals surface area contributed by atoms with Crippen molar-refractivity contribution in [1.82, 2.24) is 20.1 Å². The lowest BCUT2D eigenvalue weighted by molar-refractivity contribution is 0.0883. The number of amides is 1. The van der Waals surface area contributed by atoms with Gasteiger partial charge in [-0.2, -0.15) is 5.10 Å². The maximum Gasteiger partial charge on any atom is 0.270 e. The van der Waals surface area contributed by atoms with Gasteiger partial charge in [0, 0.05) is 24.8 Å². The van der Waals surface area contributed by atoms with Gasteiger partial charge in [0.1, 0.15) is 11.4 Å². The van der Waals surface area contributed by atoms with E-state index in [1.54, 1.807) is 10.9 Å². The number of hydrogen-bond donors (Lipinski definition) is 1. The molecule has 0 aromatic carbocycles. The molecule has 1 fully saturated rings. The van der Waals surface area contributed by atoms with Gasteiger partial charge in [0.05, 0.1) is 17.5 Å². The van der Waals surface area contributed by atoms with Crippen molar-refractivity contribution in [3.05, 3.63) is 41.0 Å². The van der Waals surface area contributed by atoms with Gasteiger partial charge in [-0.25, -0.2) is 0 Å². The lowest BCUT2D eigenvalue weighted by atomic mass is 9.92. The van der Waals surface area contributed by atoms with Crippen LogP contribution in [0, 0.1) is 6.92 Å². The summed E-state index contributed by atoms with van der Waals surface area (Å²) in [6, 6.07) is 4.09. The Morgan fingerprint density at radius 2 is 2.00 bits per heavy atom. The fourth-order valence-electron chi connectivity index (χ4n) is 4.32. The minimum absolute atomic E-state index is 0.0284. The lowest BCUT2D eigenvalue weighted by Gasteiger charge is -2.30. The second-order valence-electron chi connectivity index (χ2n) is 7.76. The monoisotopic (exact) mass is 368 g/mol. The normalized spacial score (nSPS) is 22.1. The Labute approximate surface area is 160 Å². The van der Waals surface area contributed by atoms with E-state index in [1.807, 2.05) is 26.1 Å². The third-order valence-electron chi connectivity index (χ3n) is 5.80. The number of aromatic nitrogens is 3. The Kier molecular flexibility index (Phi) is 5.14. The number of nitrogens with one attached hydrogen (secondary N) is 1. The van der Waals surface area contributed by atoms with Crippen LogP contribution < -0.4 is 10.1 Å². The Bertz CT molecular complexity index is 822. The van der Waals surface area contributed by atoms with E-state index < -0.39 is 0 Å². The topological polar surface area (TPSA) is 69.0 Å². The molecule has 1 amide bonds. The minimum Gasteiger partial charge on any atom is -0.489 e. The molecule has 2 aromatic heterocycles. The fourth-order valence-corrected chi connectivity index (χ4v) is 4.32. The Morgan fingerprint density at radius 1 is 1.22 bits per heavy atom. The number of rotatable bonds is 4. The molecule has 0 saturated heterocycles. The molecule has 2 heterocycles. The van der Waals surface area contributed by atoms with Crippen molar-refractivity contribution in [1.29, 1.82) is 0 Å². The first-order chi connectivity index (χ1) is 13.1. The first-order valence-electron chi connectivity index (χ1n) is 10.1. The van der Waals surface area contributed by atoms with E-state index in [2.05, 4.69) is 15.4 Å². The number of aryl methyl sites for hydroxylation is 3. The first-order valence-corrected chi connectivity index (χ1v) is 10.1. The average Bonchev–Trinajstić information content (AvgIpc) is 3.01. The third kappa shape index (κ3) is 3.84. The van der Waals surface area contributed by atoms with Crippen LogP contribution in [0.5, 0.6) is 5.75 Å². The minimum atomic E-state index is 0.0284. The number of ether oxygens (including phenoxy) is 1. The highest BCUT2D eigenvalue weighted by Gasteiger charge is 2.28. The summed E-state index contributed by atoms with van der Waals surface area (Å²) < 4.78 is 7.88. The number of hydrogen-bond acceptors (Lipinski definition) is 4. The van der Waals surface area contributed by atoms with Gasteiger partial charge >= 0.3 is 0 Å². The van der Waals surface area contributed by atoms with Crippen LogP contribution in [0.15, 0.2) is 18.3 Å². The van der Waals surface area contributed by atoms with Gasteiger partial charge in [0.15, 0.2) is 0 Å². The predicted octanol–water partition coefficient (Wildman–Crippen LogP) is 3.12. The molecule has 0 radical (unpaired) electrons. The van der Waals surface area contributed by atoms with E-state index in [1.165, 1.54) is 6.42 Å². The number of nitrogens with zero attached hydrogens (tertiary/aromatic N) is 3. The Hall–Kier alpha value is -2.37. The molecule has 0 spiro atoms. The van der Waals surface area contributed by atoms with Crippen molar-refractivity contribution in [3.63, 3.8) is 0 Å². The lowest BCUT2D eigenvalue weighted by Crippen LogP contribution is -2.40. The molecule has 27 heavy (non-hydrogen) atoms. The molecular weight excluding hydrogens is 340 g/mol. The predicted molar refractivity (Wildman–Crippen MR) is 103 cm³/mol. The number of fused-ring (bicyclic) bond motifs is 1. The van der Waals surface area contributed by atoms with E-state index in [4.69, 9.17) is 4.74 Å². The van der Waals surface area contributed by atoms with Crippen LogP contribution in [0.3, 0.4) is 0 Å². The summed E-state index contributed by atoms with van der Waals surface area (Å²) in [6.07, 6.45) is 10.0. The molecule has 2 aromatic rings. The van der Waals surface area contributed by atoms with Crippen molar-refractivity contribution < 1.29 is 9.53 Å². The summed E-state index contributed by atoms with van der Waals surface area (Å²) in [7, 11) is 1.88. The van der Waals surface area contributed by atoms with Gasteiger partial charge in [-0.05, 0) is 70.4 Å². The second-order valence-corrected chi connectivity index (χ2v) is 7.76. The molecule has 1 N–H and O–H groups in total. The molecule has 4 rings (SSSR count). The van der Waals surface area contributed by atoms with Gasteiger partial charge in [0.2, 0.25) is 0 Å². The van der Waals surface area contributed by atoms with E-state index in [-0.39, 0.29) is 18.1 Å². The van der Waals surface area contributed by atoms with Crippen LogP contribution in [0.25, 0.3) is 0 Å². The van der Waals surface area contributed by atoms with Crippen LogP contribution in [0.2, 0.25) is 0 Å². The highest BCUT2D eigenvalue weighted by atomic mass is 16.5. The number of pyridine rings is 1. The zero-order chi connectivity index (χ0) is 18.8. The summed E-state index contributed by atoms with van der Waals surface area (Å²) in [4.78, 5) is 17.2. The molecular formula is C21H28N4O2. The highest BCUT2D eigenvalue weighted by Crippen LogP contribution is 2.27. The molecule has 0 atom stereocenters. The highest BCUT2D eigenvalue weighted by molar-refractivity contribution is 5.94. The van der Waals surface area contributed by atoms with Crippen LogP contribution in [0.4, 0.5) is 0 Å². The van der Waals surface area contributed by atoms with Crippen LogP contribution in [0.1, 0.15) is 66.0 Å². The number of carbonyl (C=O) groups excluding carboxylic acids is 1. The SMILES string of the molecule is Cc1ncccc1OC1CCC(NC(=O)c2c3c(nn2C)CCCC3)CC1. The van der Waals surface area contributed by atoms with Gasteiger partial charge < -0.3 is 10.1 Å². The molecule has 1 saturated carbocycles. The summed E-state index contributed by atoms with van der Waals surface area (Å²) in [5.74, 6) is 0.895. The molecule has 0 bridgehead atoms. The smallest absolute Gasteiger partial charge is 0.270 e. The maximum atomic E-state index is 12.9. The summed E-state index contributed by atoms with van der Waals surface area (Å²) in [5.41, 5.74) is 3.95. The standard InChI is InChI=1S/C21H28N4O2/c1-14-19(8-5-13-22-14)27-16-11-9-15(10-12-16)23-21(26)20-17-6-3-4-7-18(17)24-25(20)2/h5,8,13,15-16H,3-4,6-7,9-12H2,1-2H3,(H,23,26). The summed E-state index contributed by atoms with van der Waals surface area (Å²) in [6.45, 7) is 1.97. The average molecular weight is 368 g/mol. The molecule has 2 aliphatic rings. The summed E-state index contributed by atoms with van der Waals surface area (Å²) in [5, 5.41) is 7.80. The fraction of sp³-hybridized carbons (Fsp3) is 0.571. The number of carbonyl (C=O) groups is 1. The van der Waals surface area contributed by atoms with Crippen LogP contribution >= 0.6 is 0 Å². The van der Waals surface area contributed by atoms with Crippen molar-refractivity contribution in [2.45, 2.75) is 70.4 Å². The van der Waals surface area contributed by atoms with E-state index in [0.29, 0.717) is 0 Å². The molecule has 0 unspecified atom stereocenters. The van der Waals surface area contributed by atoms with E-state index in [9.17, 15) is 4.79 Å². The van der Waals surface area contributed by atoms with Gasteiger partial charge in [-0.3, -0.25) is 14.5 Å². The largest absolute Gasteiger partial charge is 0.489 e. The van der Waals surface area contributed by atoms with Crippen LogP contribution in [-0.4, -0.2) is 32.8 Å². The zero-order valence-electron chi connectivity index (χ0n) is 16.2. The molecule has 0 aliphatic heterocycles. The second kappa shape index (κ2) is 7.71. The molecule has 6 nitrogen and oxygen atoms in total. The molecule has 6 heteroatoms. The van der Waals surface area contributed by atoms with Gasteiger partial charge in [-0.15, -0.1) is 0 Å². The van der Waals surface area contributed by atoms with Gasteiger partial charge in [-0.1, -0.05) is 0 Å². The van der Waals surface area contributed by atoms with Crippen molar-refractivity contribution in [2.75, 3.05) is 0 Å². The maximum absolute atomic E-state index is 12.9. The quantitative estimate of drug-likeness (QED) is 0.900. The van der Waals surface area contributed by atoms with E-state index >= 15 is 0 Å². The zero-order valence-corrected chi connectivity index (χ0v) is 16.2. The summed E-state index contributed by atoms with van der Waals surface area (Å²) >= 11 is 0.